The van der Waals surface area contributed by atoms with Gasteiger partial charge in [-0.3, -0.25) is 4.99 Å². The lowest BCUT2D eigenvalue weighted by Gasteiger charge is -2.17. The number of sulfone groups is 1. The van der Waals surface area contributed by atoms with E-state index < -0.39 is 9.84 Å². The molecule has 0 saturated carbocycles. The number of rotatable bonds is 10. The molecule has 0 aliphatic rings. The zero-order valence-electron chi connectivity index (χ0n) is 15.0. The second kappa shape index (κ2) is 10.7. The van der Waals surface area contributed by atoms with Gasteiger partial charge in [0.15, 0.2) is 5.96 Å². The molecular formula is C16H29N3O3S2. The van der Waals surface area contributed by atoms with Crippen LogP contribution in [0.5, 0.6) is 0 Å². The lowest BCUT2D eigenvalue weighted by atomic mass is 10.2. The molecule has 1 rings (SSSR count). The molecule has 1 aromatic heterocycles. The molecule has 0 radical (unpaired) electrons. The minimum absolute atomic E-state index is 0.0479. The summed E-state index contributed by atoms with van der Waals surface area (Å²) in [7, 11) is -2.96. The molecule has 1 aromatic rings. The maximum atomic E-state index is 11.0. The Labute approximate surface area is 149 Å². The van der Waals surface area contributed by atoms with Crippen molar-refractivity contribution in [3.05, 3.63) is 21.9 Å². The summed E-state index contributed by atoms with van der Waals surface area (Å²) in [6.45, 7) is 8.16. The highest BCUT2D eigenvalue weighted by atomic mass is 32.2. The maximum Gasteiger partial charge on any atom is 0.191 e. The Morgan fingerprint density at radius 3 is 2.71 bits per heavy atom. The number of hydrogen-bond acceptors (Lipinski definition) is 5. The fourth-order valence-corrected chi connectivity index (χ4v) is 3.48. The van der Waals surface area contributed by atoms with Crippen LogP contribution in [0.2, 0.25) is 0 Å². The van der Waals surface area contributed by atoms with E-state index in [0.29, 0.717) is 13.2 Å². The van der Waals surface area contributed by atoms with Crippen LogP contribution in [0.1, 0.15) is 23.6 Å². The average Bonchev–Trinajstić information content (AvgIpc) is 2.86. The van der Waals surface area contributed by atoms with E-state index in [-0.39, 0.29) is 18.4 Å². The molecule has 0 spiro atoms. The number of ether oxygens (including phenoxy) is 1. The molecule has 138 valence electrons. The van der Waals surface area contributed by atoms with E-state index in [1.807, 2.05) is 18.3 Å². The van der Waals surface area contributed by atoms with E-state index in [2.05, 4.69) is 41.6 Å². The number of nitrogens with zero attached hydrogens (tertiary/aromatic N) is 1. The summed E-state index contributed by atoms with van der Waals surface area (Å²) in [5, 5.41) is 6.60. The summed E-state index contributed by atoms with van der Waals surface area (Å²) in [5.41, 5.74) is 0. The van der Waals surface area contributed by atoms with E-state index in [4.69, 9.17) is 4.74 Å². The summed E-state index contributed by atoms with van der Waals surface area (Å²) < 4.78 is 27.3. The topological polar surface area (TPSA) is 79.8 Å². The first-order chi connectivity index (χ1) is 11.3. The van der Waals surface area contributed by atoms with Gasteiger partial charge in [0.1, 0.15) is 9.84 Å². The predicted octanol–water partition coefficient (Wildman–Crippen LogP) is 1.60. The van der Waals surface area contributed by atoms with Gasteiger partial charge in [0.05, 0.1) is 25.5 Å². The Kier molecular flexibility index (Phi) is 9.31. The SMILES string of the molecule is CCNC(=NCCOCCS(C)(=O)=O)NC(C)Cc1ccc(C)s1. The standard InChI is InChI=1S/C16H29N3O3S2/c1-5-17-16(18-8-9-22-10-11-24(4,20)21)19-13(2)12-15-7-6-14(3)23-15/h6-7,13H,5,8-12H2,1-4H3,(H2,17,18,19). The molecule has 2 N–H and O–H groups in total. The quantitative estimate of drug-likeness (QED) is 0.369. The first-order valence-electron chi connectivity index (χ1n) is 8.15. The zero-order valence-corrected chi connectivity index (χ0v) is 16.6. The Morgan fingerprint density at radius 1 is 1.38 bits per heavy atom. The Balaban J connectivity index is 2.35. The monoisotopic (exact) mass is 375 g/mol. The second-order valence-corrected chi connectivity index (χ2v) is 9.40. The van der Waals surface area contributed by atoms with Gasteiger partial charge in [-0.15, -0.1) is 11.3 Å². The number of nitrogens with one attached hydrogen (secondary N) is 2. The van der Waals surface area contributed by atoms with E-state index in [0.717, 1.165) is 18.9 Å². The highest BCUT2D eigenvalue weighted by Crippen LogP contribution is 2.16. The first kappa shape index (κ1) is 20.9. The average molecular weight is 376 g/mol. The van der Waals surface area contributed by atoms with Gasteiger partial charge in [-0.05, 0) is 32.9 Å². The van der Waals surface area contributed by atoms with Crippen LogP contribution in [0.15, 0.2) is 17.1 Å². The van der Waals surface area contributed by atoms with Gasteiger partial charge < -0.3 is 15.4 Å². The van der Waals surface area contributed by atoms with Crippen LogP contribution < -0.4 is 10.6 Å². The van der Waals surface area contributed by atoms with Crippen LogP contribution in [-0.2, 0) is 21.0 Å². The molecule has 0 bridgehead atoms. The maximum absolute atomic E-state index is 11.0. The van der Waals surface area contributed by atoms with Crippen molar-refractivity contribution in [2.75, 3.05) is 38.3 Å². The number of thiophene rings is 1. The van der Waals surface area contributed by atoms with Gasteiger partial charge in [0.25, 0.3) is 0 Å². The van der Waals surface area contributed by atoms with Crippen LogP contribution >= 0.6 is 11.3 Å². The van der Waals surface area contributed by atoms with Gasteiger partial charge in [0, 0.05) is 35.0 Å². The van der Waals surface area contributed by atoms with E-state index >= 15 is 0 Å². The third kappa shape index (κ3) is 9.89. The van der Waals surface area contributed by atoms with Crippen molar-refractivity contribution in [3.8, 4) is 0 Å². The van der Waals surface area contributed by atoms with Crippen molar-refractivity contribution in [3.63, 3.8) is 0 Å². The van der Waals surface area contributed by atoms with Crippen molar-refractivity contribution >= 4 is 27.1 Å². The van der Waals surface area contributed by atoms with Gasteiger partial charge in [-0.1, -0.05) is 0 Å². The second-order valence-electron chi connectivity index (χ2n) is 5.76. The van der Waals surface area contributed by atoms with Crippen molar-refractivity contribution < 1.29 is 13.2 Å². The Bertz CT molecular complexity index is 612. The molecule has 1 heterocycles. The lowest BCUT2D eigenvalue weighted by molar-refractivity contribution is 0.157. The number of aryl methyl sites for hydroxylation is 1. The van der Waals surface area contributed by atoms with Crippen molar-refractivity contribution in [2.45, 2.75) is 33.2 Å². The van der Waals surface area contributed by atoms with Gasteiger partial charge in [0.2, 0.25) is 0 Å². The van der Waals surface area contributed by atoms with Gasteiger partial charge in [-0.2, -0.15) is 0 Å². The minimum atomic E-state index is -2.96. The van der Waals surface area contributed by atoms with E-state index in [9.17, 15) is 8.42 Å². The minimum Gasteiger partial charge on any atom is -0.378 e. The van der Waals surface area contributed by atoms with Crippen LogP contribution in [0.3, 0.4) is 0 Å². The summed E-state index contributed by atoms with van der Waals surface area (Å²) in [5.74, 6) is 0.803. The molecule has 0 aromatic carbocycles. The van der Waals surface area contributed by atoms with Gasteiger partial charge in [-0.25, -0.2) is 8.42 Å². The lowest BCUT2D eigenvalue weighted by Crippen LogP contribution is -2.43. The molecule has 0 aliphatic carbocycles. The molecule has 1 atom stereocenters. The molecule has 8 heteroatoms. The molecule has 0 fully saturated rings. The molecule has 0 saturated heterocycles. The molecule has 6 nitrogen and oxygen atoms in total. The largest absolute Gasteiger partial charge is 0.378 e. The summed E-state index contributed by atoms with van der Waals surface area (Å²) in [4.78, 5) is 7.13. The van der Waals surface area contributed by atoms with Crippen LogP contribution in [0.4, 0.5) is 0 Å². The molecule has 24 heavy (non-hydrogen) atoms. The zero-order chi connectivity index (χ0) is 18.0. The number of hydrogen-bond donors (Lipinski definition) is 2. The predicted molar refractivity (Wildman–Crippen MR) is 102 cm³/mol. The molecule has 0 aliphatic heterocycles. The fourth-order valence-electron chi connectivity index (χ4n) is 2.04. The van der Waals surface area contributed by atoms with Crippen molar-refractivity contribution in [1.82, 2.24) is 10.6 Å². The normalized spacial score (nSPS) is 13.8. The number of guanidine groups is 1. The highest BCUT2D eigenvalue weighted by molar-refractivity contribution is 7.90. The Morgan fingerprint density at radius 2 is 2.12 bits per heavy atom. The van der Waals surface area contributed by atoms with Crippen LogP contribution in [-0.4, -0.2) is 58.7 Å². The van der Waals surface area contributed by atoms with E-state index in [1.54, 1.807) is 0 Å². The van der Waals surface area contributed by atoms with E-state index in [1.165, 1.54) is 16.0 Å². The molecule has 1 unspecified atom stereocenters. The van der Waals surface area contributed by atoms with Crippen molar-refractivity contribution in [2.24, 2.45) is 4.99 Å². The fraction of sp³-hybridized carbons (Fsp3) is 0.688. The van der Waals surface area contributed by atoms with Crippen LogP contribution in [0, 0.1) is 6.92 Å². The molecule has 0 amide bonds. The number of aliphatic imine (C=N–C) groups is 1. The molecular weight excluding hydrogens is 346 g/mol. The third-order valence-electron chi connectivity index (χ3n) is 3.13. The summed E-state index contributed by atoms with van der Waals surface area (Å²) >= 11 is 1.82. The van der Waals surface area contributed by atoms with Crippen LogP contribution in [0.25, 0.3) is 0 Å². The third-order valence-corrected chi connectivity index (χ3v) is 5.07. The van der Waals surface area contributed by atoms with Gasteiger partial charge >= 0.3 is 0 Å². The smallest absolute Gasteiger partial charge is 0.191 e. The highest BCUT2D eigenvalue weighted by Gasteiger charge is 2.07. The van der Waals surface area contributed by atoms with Crippen molar-refractivity contribution in [1.29, 1.82) is 0 Å². The summed E-state index contributed by atoms with van der Waals surface area (Å²) in [6, 6.07) is 4.57. The first-order valence-corrected chi connectivity index (χ1v) is 11.0. The summed E-state index contributed by atoms with van der Waals surface area (Å²) in [6.07, 6.45) is 2.16. The Hall–Kier alpha value is -1.12.